The molecule has 6 nitrogen and oxygen atoms in total. The van der Waals surface area contributed by atoms with Crippen LogP contribution in [0.3, 0.4) is 0 Å². The molecule has 0 aliphatic carbocycles. The van der Waals surface area contributed by atoms with Crippen molar-refractivity contribution in [1.82, 2.24) is 0 Å². The van der Waals surface area contributed by atoms with Crippen molar-refractivity contribution in [3.63, 3.8) is 0 Å². The van der Waals surface area contributed by atoms with Crippen LogP contribution in [0.4, 0.5) is 0 Å². The van der Waals surface area contributed by atoms with Crippen LogP contribution in [0.25, 0.3) is 0 Å². The van der Waals surface area contributed by atoms with E-state index in [4.69, 9.17) is 9.84 Å². The summed E-state index contributed by atoms with van der Waals surface area (Å²) in [6, 6.07) is 6.53. The molecule has 0 saturated carbocycles. The number of rotatable bonds is 4. The Morgan fingerprint density at radius 2 is 1.81 bits per heavy atom. The number of allylic oxidation sites excluding steroid dienone is 1. The molecule has 0 amide bonds. The van der Waals surface area contributed by atoms with Gasteiger partial charge in [0.25, 0.3) is 0 Å². The maximum absolute atomic E-state index is 10.6. The molecule has 5 atom stereocenters. The lowest BCUT2D eigenvalue weighted by Gasteiger charge is -2.46. The maximum atomic E-state index is 10.6. The first-order chi connectivity index (χ1) is 9.94. The van der Waals surface area contributed by atoms with Gasteiger partial charge in [-0.2, -0.15) is 0 Å². The molecule has 116 valence electrons. The summed E-state index contributed by atoms with van der Waals surface area (Å²) in [6.45, 7) is 3.05. The Hall–Kier alpha value is -1.28. The molecule has 1 aliphatic heterocycles. The zero-order valence-electron chi connectivity index (χ0n) is 11.5. The van der Waals surface area contributed by atoms with Crippen molar-refractivity contribution in [2.45, 2.75) is 36.6 Å². The molecule has 1 saturated heterocycles. The lowest BCUT2D eigenvalue weighted by Crippen LogP contribution is -2.64. The van der Waals surface area contributed by atoms with Crippen molar-refractivity contribution in [2.75, 3.05) is 6.61 Å². The Morgan fingerprint density at radius 3 is 2.33 bits per heavy atom. The Morgan fingerprint density at radius 1 is 1.19 bits per heavy atom. The van der Waals surface area contributed by atoms with E-state index >= 15 is 0 Å². The van der Waals surface area contributed by atoms with Crippen molar-refractivity contribution in [1.29, 1.82) is 0 Å². The Bertz CT molecular complexity index is 487. The first kappa shape index (κ1) is 16.1. The van der Waals surface area contributed by atoms with Crippen molar-refractivity contribution >= 4 is 0 Å². The third-order valence-electron chi connectivity index (χ3n) is 3.81. The molecular formula is C15H20O6. The van der Waals surface area contributed by atoms with Gasteiger partial charge in [-0.05, 0) is 17.5 Å². The van der Waals surface area contributed by atoms with Crippen molar-refractivity contribution in [3.8, 4) is 0 Å². The van der Waals surface area contributed by atoms with Crippen LogP contribution in [-0.2, 0) is 16.8 Å². The van der Waals surface area contributed by atoms with Crippen LogP contribution in [0.2, 0.25) is 0 Å². The second kappa shape index (κ2) is 6.23. The van der Waals surface area contributed by atoms with Gasteiger partial charge in [0.15, 0.2) is 11.9 Å². The lowest BCUT2D eigenvalue weighted by molar-refractivity contribution is -0.335. The van der Waals surface area contributed by atoms with E-state index in [2.05, 4.69) is 6.58 Å². The summed E-state index contributed by atoms with van der Waals surface area (Å²) in [6.07, 6.45) is -3.75. The van der Waals surface area contributed by atoms with E-state index in [1.165, 1.54) is 0 Å². The van der Waals surface area contributed by atoms with Gasteiger partial charge in [0.05, 0.1) is 6.61 Å². The first-order valence-electron chi connectivity index (χ1n) is 6.68. The summed E-state index contributed by atoms with van der Waals surface area (Å²) in [5, 5.41) is 49.6. The Balaban J connectivity index is 2.32. The Labute approximate surface area is 122 Å². The third kappa shape index (κ3) is 2.74. The molecule has 1 aromatic carbocycles. The van der Waals surface area contributed by atoms with Gasteiger partial charge >= 0.3 is 0 Å². The van der Waals surface area contributed by atoms with Gasteiger partial charge in [-0.25, -0.2) is 0 Å². The fourth-order valence-electron chi connectivity index (χ4n) is 2.50. The van der Waals surface area contributed by atoms with E-state index in [-0.39, 0.29) is 5.56 Å². The van der Waals surface area contributed by atoms with Gasteiger partial charge < -0.3 is 30.3 Å². The molecule has 0 bridgehead atoms. The molecule has 0 radical (unpaired) electrons. The van der Waals surface area contributed by atoms with Gasteiger partial charge in [-0.15, -0.1) is 6.58 Å². The highest BCUT2D eigenvalue weighted by Gasteiger charge is 2.55. The van der Waals surface area contributed by atoms with Gasteiger partial charge in [-0.1, -0.05) is 30.3 Å². The molecule has 5 N–H and O–H groups in total. The van der Waals surface area contributed by atoms with Crippen LogP contribution < -0.4 is 0 Å². The molecule has 21 heavy (non-hydrogen) atoms. The molecule has 1 aromatic rings. The predicted molar refractivity (Wildman–Crippen MR) is 74.2 cm³/mol. The topological polar surface area (TPSA) is 110 Å². The van der Waals surface area contributed by atoms with E-state index < -0.39 is 36.8 Å². The van der Waals surface area contributed by atoms with Crippen LogP contribution in [0.1, 0.15) is 11.1 Å². The van der Waals surface area contributed by atoms with Gasteiger partial charge in [0, 0.05) is 0 Å². The molecule has 1 fully saturated rings. The SMILES string of the molecule is C=CCc1ccc([C@]2(O)[C@@H](O)O[C@H](CO)[C@@H](O)[C@@H]2O)cc1. The second-order valence-electron chi connectivity index (χ2n) is 5.16. The normalized spacial score (nSPS) is 36.4. The van der Waals surface area contributed by atoms with Crippen LogP contribution in [0.15, 0.2) is 36.9 Å². The number of aliphatic hydroxyl groups excluding tert-OH is 4. The lowest BCUT2D eigenvalue weighted by atomic mass is 9.80. The Kier molecular flexibility index (Phi) is 4.77. The molecule has 2 rings (SSSR count). The fourth-order valence-corrected chi connectivity index (χ4v) is 2.50. The highest BCUT2D eigenvalue weighted by Crippen LogP contribution is 2.37. The minimum Gasteiger partial charge on any atom is -0.394 e. The second-order valence-corrected chi connectivity index (χ2v) is 5.16. The predicted octanol–water partition coefficient (Wildman–Crippen LogP) is -0.966. The number of hydrogen-bond acceptors (Lipinski definition) is 6. The molecule has 0 aromatic heterocycles. The monoisotopic (exact) mass is 296 g/mol. The molecule has 1 aliphatic rings. The van der Waals surface area contributed by atoms with Crippen LogP contribution in [-0.4, -0.2) is 56.7 Å². The van der Waals surface area contributed by atoms with Gasteiger partial charge in [0.1, 0.15) is 18.3 Å². The minimum absolute atomic E-state index is 0.214. The van der Waals surface area contributed by atoms with E-state index in [1.54, 1.807) is 30.3 Å². The quantitative estimate of drug-likeness (QED) is 0.458. The van der Waals surface area contributed by atoms with Gasteiger partial charge in [0.2, 0.25) is 0 Å². The van der Waals surface area contributed by atoms with Crippen molar-refractivity contribution in [3.05, 3.63) is 48.0 Å². The summed E-state index contributed by atoms with van der Waals surface area (Å²) in [4.78, 5) is 0. The van der Waals surface area contributed by atoms with Crippen LogP contribution >= 0.6 is 0 Å². The largest absolute Gasteiger partial charge is 0.394 e. The van der Waals surface area contributed by atoms with E-state index in [1.807, 2.05) is 0 Å². The average Bonchev–Trinajstić information content (AvgIpc) is 2.50. The number of ether oxygens (including phenoxy) is 1. The van der Waals surface area contributed by atoms with Crippen LogP contribution in [0, 0.1) is 0 Å². The number of aliphatic hydroxyl groups is 5. The summed E-state index contributed by atoms with van der Waals surface area (Å²) in [5.74, 6) is 0. The molecule has 0 spiro atoms. The fraction of sp³-hybridized carbons (Fsp3) is 0.467. The average molecular weight is 296 g/mol. The van der Waals surface area contributed by atoms with E-state index in [9.17, 15) is 20.4 Å². The number of benzene rings is 1. The molecule has 1 heterocycles. The van der Waals surface area contributed by atoms with E-state index in [0.717, 1.165) is 5.56 Å². The zero-order chi connectivity index (χ0) is 15.6. The zero-order valence-corrected chi connectivity index (χ0v) is 11.5. The molecule has 0 unspecified atom stereocenters. The molecule has 6 heteroatoms. The maximum Gasteiger partial charge on any atom is 0.191 e. The van der Waals surface area contributed by atoms with Crippen molar-refractivity contribution < 1.29 is 30.3 Å². The number of hydrogen-bond donors (Lipinski definition) is 5. The summed E-state index contributed by atoms with van der Waals surface area (Å²) in [5.41, 5.74) is -1.00. The van der Waals surface area contributed by atoms with Gasteiger partial charge in [-0.3, -0.25) is 0 Å². The summed E-state index contributed by atoms with van der Waals surface area (Å²) in [7, 11) is 0. The summed E-state index contributed by atoms with van der Waals surface area (Å²) < 4.78 is 5.00. The molecular weight excluding hydrogens is 276 g/mol. The summed E-state index contributed by atoms with van der Waals surface area (Å²) >= 11 is 0. The highest BCUT2D eigenvalue weighted by atomic mass is 16.6. The van der Waals surface area contributed by atoms with Crippen LogP contribution in [0.5, 0.6) is 0 Å². The minimum atomic E-state index is -2.17. The first-order valence-corrected chi connectivity index (χ1v) is 6.68. The van der Waals surface area contributed by atoms with E-state index in [0.29, 0.717) is 6.42 Å². The van der Waals surface area contributed by atoms with Crippen molar-refractivity contribution in [2.24, 2.45) is 0 Å². The highest BCUT2D eigenvalue weighted by molar-refractivity contribution is 5.31. The third-order valence-corrected chi connectivity index (χ3v) is 3.81. The smallest absolute Gasteiger partial charge is 0.191 e. The standard InChI is InChI=1S/C15H20O6/c1-2-3-9-4-6-10(7-5-9)15(20)13(18)12(17)11(8-16)21-14(15)19/h2,4-7,11-14,16-20H,1,3,8H2/t11-,12-,13+,14+,15-/m1/s1.